The van der Waals surface area contributed by atoms with Gasteiger partial charge in [0.25, 0.3) is 0 Å². The summed E-state index contributed by atoms with van der Waals surface area (Å²) in [4.78, 5) is 11.9. The summed E-state index contributed by atoms with van der Waals surface area (Å²) in [5.41, 5.74) is 0.973. The van der Waals surface area contributed by atoms with Gasteiger partial charge in [0.15, 0.2) is 0 Å². The van der Waals surface area contributed by atoms with Gasteiger partial charge in [0.05, 0.1) is 19.4 Å². The zero-order valence-electron chi connectivity index (χ0n) is 11.8. The Balaban J connectivity index is 1.90. The highest BCUT2D eigenvalue weighted by molar-refractivity contribution is 5.76. The molecule has 0 bridgehead atoms. The first kappa shape index (κ1) is 14.2. The maximum Gasteiger partial charge on any atom is 0.220 e. The van der Waals surface area contributed by atoms with Crippen LogP contribution in [-0.4, -0.2) is 13.0 Å². The second-order valence-electron chi connectivity index (χ2n) is 4.61. The lowest BCUT2D eigenvalue weighted by atomic mass is 10.1. The highest BCUT2D eigenvalue weighted by atomic mass is 16.5. The molecule has 0 unspecified atom stereocenters. The lowest BCUT2D eigenvalue weighted by Gasteiger charge is -2.17. The normalized spacial score (nSPS) is 11.9. The topological polar surface area (TPSA) is 51.5 Å². The Kier molecular flexibility index (Phi) is 4.82. The van der Waals surface area contributed by atoms with Gasteiger partial charge in [-0.25, -0.2) is 0 Å². The quantitative estimate of drug-likeness (QED) is 0.880. The largest absolute Gasteiger partial charge is 0.496 e. The number of ether oxygens (including phenoxy) is 1. The lowest BCUT2D eigenvalue weighted by molar-refractivity contribution is -0.121. The summed E-state index contributed by atoms with van der Waals surface area (Å²) in [6.07, 6.45) is 2.63. The number of aryl methyl sites for hydroxylation is 1. The van der Waals surface area contributed by atoms with Crippen LogP contribution in [0.25, 0.3) is 0 Å². The molecule has 1 N–H and O–H groups in total. The molecule has 20 heavy (non-hydrogen) atoms. The van der Waals surface area contributed by atoms with Crippen molar-refractivity contribution >= 4 is 5.91 Å². The fraction of sp³-hybridized carbons (Fsp3) is 0.312. The smallest absolute Gasteiger partial charge is 0.220 e. The molecule has 1 aromatic carbocycles. The van der Waals surface area contributed by atoms with E-state index in [-0.39, 0.29) is 11.9 Å². The molecular weight excluding hydrogens is 254 g/mol. The van der Waals surface area contributed by atoms with E-state index < -0.39 is 0 Å². The molecule has 2 aromatic rings. The van der Waals surface area contributed by atoms with Crippen molar-refractivity contribution in [1.82, 2.24) is 5.32 Å². The number of carbonyl (C=O) groups excluding carboxylic acids is 1. The van der Waals surface area contributed by atoms with Crippen molar-refractivity contribution < 1.29 is 13.9 Å². The lowest BCUT2D eigenvalue weighted by Crippen LogP contribution is -2.27. The summed E-state index contributed by atoms with van der Waals surface area (Å²) < 4.78 is 10.5. The Hall–Kier alpha value is -2.23. The number of para-hydroxylation sites is 1. The first-order valence-electron chi connectivity index (χ1n) is 6.65. The molecule has 4 nitrogen and oxygen atoms in total. The van der Waals surface area contributed by atoms with Gasteiger partial charge in [0.2, 0.25) is 5.91 Å². The highest BCUT2D eigenvalue weighted by Crippen LogP contribution is 2.24. The van der Waals surface area contributed by atoms with Crippen molar-refractivity contribution in [3.8, 4) is 5.75 Å². The molecule has 0 saturated carbocycles. The van der Waals surface area contributed by atoms with Crippen LogP contribution in [0, 0.1) is 0 Å². The predicted octanol–water partition coefficient (Wildman–Crippen LogP) is 3.10. The molecule has 0 spiro atoms. The summed E-state index contributed by atoms with van der Waals surface area (Å²) in [5, 5.41) is 2.97. The average molecular weight is 273 g/mol. The highest BCUT2D eigenvalue weighted by Gasteiger charge is 2.13. The van der Waals surface area contributed by atoms with Crippen molar-refractivity contribution in [3.05, 3.63) is 54.0 Å². The number of rotatable bonds is 6. The van der Waals surface area contributed by atoms with Crippen molar-refractivity contribution in [2.75, 3.05) is 7.11 Å². The van der Waals surface area contributed by atoms with Crippen molar-refractivity contribution in [3.63, 3.8) is 0 Å². The molecule has 106 valence electrons. The van der Waals surface area contributed by atoms with E-state index in [1.807, 2.05) is 43.3 Å². The van der Waals surface area contributed by atoms with Gasteiger partial charge in [0, 0.05) is 18.4 Å². The Morgan fingerprint density at radius 2 is 2.10 bits per heavy atom. The van der Waals surface area contributed by atoms with E-state index in [0.29, 0.717) is 12.8 Å². The molecule has 1 heterocycles. The van der Waals surface area contributed by atoms with E-state index in [2.05, 4.69) is 5.32 Å². The molecule has 0 aliphatic carbocycles. The number of hydrogen-bond donors (Lipinski definition) is 1. The summed E-state index contributed by atoms with van der Waals surface area (Å²) >= 11 is 0. The average Bonchev–Trinajstić information content (AvgIpc) is 2.98. The standard InChI is InChI=1S/C16H19NO3/c1-12(14-7-3-4-8-15(14)19-2)17-16(18)10-9-13-6-5-11-20-13/h3-8,11-12H,9-10H2,1-2H3,(H,17,18)/t12-/m0/s1. The monoisotopic (exact) mass is 273 g/mol. The first-order valence-corrected chi connectivity index (χ1v) is 6.65. The van der Waals surface area contributed by atoms with Crippen LogP contribution in [0.3, 0.4) is 0 Å². The Bertz CT molecular complexity index is 549. The Labute approximate surface area is 118 Å². The number of amides is 1. The molecule has 0 aliphatic rings. The molecule has 2 rings (SSSR count). The van der Waals surface area contributed by atoms with Gasteiger partial charge in [-0.15, -0.1) is 0 Å². The van der Waals surface area contributed by atoms with Gasteiger partial charge in [-0.2, -0.15) is 0 Å². The molecule has 0 saturated heterocycles. The molecule has 0 radical (unpaired) electrons. The second-order valence-corrected chi connectivity index (χ2v) is 4.61. The van der Waals surface area contributed by atoms with Gasteiger partial charge in [0.1, 0.15) is 11.5 Å². The number of nitrogens with one attached hydrogen (secondary N) is 1. The zero-order chi connectivity index (χ0) is 14.4. The number of hydrogen-bond acceptors (Lipinski definition) is 3. The van der Waals surface area contributed by atoms with E-state index in [4.69, 9.17) is 9.15 Å². The maximum absolute atomic E-state index is 11.9. The molecule has 1 atom stereocenters. The second kappa shape index (κ2) is 6.80. The minimum atomic E-state index is -0.0877. The molecule has 0 aliphatic heterocycles. The van der Waals surface area contributed by atoms with Crippen LogP contribution in [-0.2, 0) is 11.2 Å². The van der Waals surface area contributed by atoms with Crippen LogP contribution in [0.2, 0.25) is 0 Å². The molecule has 4 heteroatoms. The minimum absolute atomic E-state index is 0.000180. The van der Waals surface area contributed by atoms with Gasteiger partial charge in [-0.1, -0.05) is 18.2 Å². The third-order valence-corrected chi connectivity index (χ3v) is 3.16. The van der Waals surface area contributed by atoms with E-state index in [0.717, 1.165) is 17.1 Å². The summed E-state index contributed by atoms with van der Waals surface area (Å²) in [7, 11) is 1.63. The van der Waals surface area contributed by atoms with E-state index >= 15 is 0 Å². The molecule has 0 fully saturated rings. The van der Waals surface area contributed by atoms with Crippen LogP contribution in [0.15, 0.2) is 47.1 Å². The SMILES string of the molecule is COc1ccccc1[C@H](C)NC(=O)CCc1ccco1. The van der Waals surface area contributed by atoms with Gasteiger partial charge < -0.3 is 14.5 Å². The fourth-order valence-electron chi connectivity index (χ4n) is 2.11. The predicted molar refractivity (Wildman–Crippen MR) is 76.6 cm³/mol. The fourth-order valence-corrected chi connectivity index (χ4v) is 2.11. The van der Waals surface area contributed by atoms with Crippen LogP contribution in [0.4, 0.5) is 0 Å². The van der Waals surface area contributed by atoms with Crippen LogP contribution < -0.4 is 10.1 Å². The van der Waals surface area contributed by atoms with E-state index in [1.165, 1.54) is 0 Å². The summed E-state index contributed by atoms with van der Waals surface area (Å²) in [6, 6.07) is 11.3. The molecule has 1 amide bonds. The first-order chi connectivity index (χ1) is 9.70. The summed E-state index contributed by atoms with van der Waals surface area (Å²) in [6.45, 7) is 1.95. The molecule has 1 aromatic heterocycles. The zero-order valence-corrected chi connectivity index (χ0v) is 11.8. The van der Waals surface area contributed by atoms with Crippen LogP contribution in [0.1, 0.15) is 30.7 Å². The third kappa shape index (κ3) is 3.63. The van der Waals surface area contributed by atoms with E-state index in [9.17, 15) is 4.79 Å². The van der Waals surface area contributed by atoms with Gasteiger partial charge in [-0.05, 0) is 25.1 Å². The maximum atomic E-state index is 11.9. The Morgan fingerprint density at radius 1 is 1.30 bits per heavy atom. The van der Waals surface area contributed by atoms with Crippen molar-refractivity contribution in [2.45, 2.75) is 25.8 Å². The third-order valence-electron chi connectivity index (χ3n) is 3.16. The van der Waals surface area contributed by atoms with Crippen LogP contribution >= 0.6 is 0 Å². The molecular formula is C16H19NO3. The van der Waals surface area contributed by atoms with E-state index in [1.54, 1.807) is 13.4 Å². The number of methoxy groups -OCH3 is 1. The number of carbonyl (C=O) groups is 1. The van der Waals surface area contributed by atoms with Crippen molar-refractivity contribution in [1.29, 1.82) is 0 Å². The summed E-state index contributed by atoms with van der Waals surface area (Å²) in [5.74, 6) is 1.61. The Morgan fingerprint density at radius 3 is 2.80 bits per heavy atom. The van der Waals surface area contributed by atoms with Crippen LogP contribution in [0.5, 0.6) is 5.75 Å². The van der Waals surface area contributed by atoms with Gasteiger partial charge >= 0.3 is 0 Å². The number of furan rings is 1. The van der Waals surface area contributed by atoms with Crippen molar-refractivity contribution in [2.24, 2.45) is 0 Å². The van der Waals surface area contributed by atoms with Gasteiger partial charge in [-0.3, -0.25) is 4.79 Å². The number of benzene rings is 1. The minimum Gasteiger partial charge on any atom is -0.496 e.